The Balaban J connectivity index is 1.96. The Morgan fingerprint density at radius 2 is 2.53 bits per heavy atom. The molecular formula is C13H20N2OS. The number of hydrogen-bond donors (Lipinski definition) is 1. The summed E-state index contributed by atoms with van der Waals surface area (Å²) in [6.07, 6.45) is 3.12. The summed E-state index contributed by atoms with van der Waals surface area (Å²) in [5.74, 6) is 2.21. The molecular weight excluding hydrogens is 232 g/mol. The van der Waals surface area contributed by atoms with Gasteiger partial charge in [-0.05, 0) is 18.7 Å². The molecule has 2 atom stereocenters. The van der Waals surface area contributed by atoms with Gasteiger partial charge in [0.2, 0.25) is 0 Å². The molecule has 17 heavy (non-hydrogen) atoms. The third-order valence-electron chi connectivity index (χ3n) is 2.91. The maximum Gasteiger partial charge on any atom is 0.0822 e. The van der Waals surface area contributed by atoms with Gasteiger partial charge in [-0.3, -0.25) is 4.98 Å². The van der Waals surface area contributed by atoms with Gasteiger partial charge in [-0.2, -0.15) is 11.8 Å². The second kappa shape index (κ2) is 6.99. The fraction of sp³-hybridized carbons (Fsp3) is 0.615. The maximum atomic E-state index is 5.85. The minimum Gasteiger partial charge on any atom is -0.375 e. The number of hydrogen-bond acceptors (Lipinski definition) is 4. The van der Waals surface area contributed by atoms with Crippen molar-refractivity contribution in [1.29, 1.82) is 0 Å². The van der Waals surface area contributed by atoms with E-state index >= 15 is 0 Å². The molecule has 1 N–H and O–H groups in total. The zero-order chi connectivity index (χ0) is 11.9. The first-order valence-corrected chi connectivity index (χ1v) is 7.38. The number of thioether (sulfide) groups is 1. The number of aromatic nitrogens is 1. The van der Waals surface area contributed by atoms with Gasteiger partial charge in [0.1, 0.15) is 0 Å². The SMILES string of the molecule is CCNC(Cc1ccccn1)C1CSCCO1. The van der Waals surface area contributed by atoms with Gasteiger partial charge in [0, 0.05) is 35.9 Å². The Labute approximate surface area is 107 Å². The van der Waals surface area contributed by atoms with Crippen LogP contribution in [0.2, 0.25) is 0 Å². The van der Waals surface area contributed by atoms with Crippen LogP contribution >= 0.6 is 11.8 Å². The van der Waals surface area contributed by atoms with E-state index in [1.165, 1.54) is 0 Å². The van der Waals surface area contributed by atoms with E-state index in [4.69, 9.17) is 4.74 Å². The number of rotatable bonds is 5. The lowest BCUT2D eigenvalue weighted by Gasteiger charge is -2.30. The molecule has 0 aliphatic carbocycles. The lowest BCUT2D eigenvalue weighted by Crippen LogP contribution is -2.46. The molecule has 0 radical (unpaired) electrons. The van der Waals surface area contributed by atoms with Crippen LogP contribution in [-0.4, -0.2) is 41.8 Å². The highest BCUT2D eigenvalue weighted by molar-refractivity contribution is 7.99. The van der Waals surface area contributed by atoms with Gasteiger partial charge < -0.3 is 10.1 Å². The normalized spacial score (nSPS) is 22.3. The van der Waals surface area contributed by atoms with Crippen LogP contribution in [0.15, 0.2) is 24.4 Å². The summed E-state index contributed by atoms with van der Waals surface area (Å²) in [5.41, 5.74) is 1.14. The molecule has 1 aromatic rings. The summed E-state index contributed by atoms with van der Waals surface area (Å²) in [6, 6.07) is 6.46. The van der Waals surface area contributed by atoms with Crippen molar-refractivity contribution in [3.05, 3.63) is 30.1 Å². The smallest absolute Gasteiger partial charge is 0.0822 e. The molecule has 2 heterocycles. The molecule has 0 amide bonds. The minimum atomic E-state index is 0.315. The van der Waals surface area contributed by atoms with Crippen molar-refractivity contribution < 1.29 is 4.74 Å². The minimum absolute atomic E-state index is 0.315. The molecule has 1 aliphatic rings. The molecule has 1 aliphatic heterocycles. The highest BCUT2D eigenvalue weighted by atomic mass is 32.2. The van der Waals surface area contributed by atoms with E-state index in [0.717, 1.165) is 36.8 Å². The Morgan fingerprint density at radius 3 is 3.18 bits per heavy atom. The largest absolute Gasteiger partial charge is 0.375 e. The first kappa shape index (κ1) is 12.9. The van der Waals surface area contributed by atoms with Crippen LogP contribution in [0.3, 0.4) is 0 Å². The Hall–Kier alpha value is -0.580. The van der Waals surface area contributed by atoms with Gasteiger partial charge >= 0.3 is 0 Å². The molecule has 0 bridgehead atoms. The van der Waals surface area contributed by atoms with Crippen LogP contribution in [0.1, 0.15) is 12.6 Å². The average molecular weight is 252 g/mol. The molecule has 94 valence electrons. The molecule has 1 fully saturated rings. The van der Waals surface area contributed by atoms with Crippen molar-refractivity contribution >= 4 is 11.8 Å². The summed E-state index contributed by atoms with van der Waals surface area (Å²) < 4.78 is 5.85. The van der Waals surface area contributed by atoms with Gasteiger partial charge in [0.15, 0.2) is 0 Å². The quantitative estimate of drug-likeness (QED) is 0.865. The van der Waals surface area contributed by atoms with Crippen LogP contribution in [0.4, 0.5) is 0 Å². The molecule has 0 saturated carbocycles. The fourth-order valence-electron chi connectivity index (χ4n) is 2.08. The van der Waals surface area contributed by atoms with E-state index in [1.807, 2.05) is 30.1 Å². The fourth-order valence-corrected chi connectivity index (χ4v) is 3.02. The van der Waals surface area contributed by atoms with Gasteiger partial charge in [-0.15, -0.1) is 0 Å². The summed E-state index contributed by atoms with van der Waals surface area (Å²) in [4.78, 5) is 4.39. The van der Waals surface area contributed by atoms with E-state index in [0.29, 0.717) is 12.1 Å². The van der Waals surface area contributed by atoms with Gasteiger partial charge in [-0.25, -0.2) is 0 Å². The lowest BCUT2D eigenvalue weighted by atomic mass is 10.1. The Bertz CT molecular complexity index is 314. The second-order valence-electron chi connectivity index (χ2n) is 4.17. The Kier molecular flexibility index (Phi) is 5.29. The predicted octanol–water partition coefficient (Wildman–Crippen LogP) is 1.73. The van der Waals surface area contributed by atoms with Crippen molar-refractivity contribution in [2.45, 2.75) is 25.5 Å². The van der Waals surface area contributed by atoms with Crippen LogP contribution < -0.4 is 5.32 Å². The van der Waals surface area contributed by atoms with Crippen molar-refractivity contribution in [3.63, 3.8) is 0 Å². The lowest BCUT2D eigenvalue weighted by molar-refractivity contribution is 0.0473. The van der Waals surface area contributed by atoms with Crippen molar-refractivity contribution in [3.8, 4) is 0 Å². The first-order chi connectivity index (χ1) is 8.40. The van der Waals surface area contributed by atoms with E-state index in [9.17, 15) is 0 Å². The molecule has 3 nitrogen and oxygen atoms in total. The zero-order valence-corrected chi connectivity index (χ0v) is 11.1. The van der Waals surface area contributed by atoms with E-state index in [1.54, 1.807) is 0 Å². The predicted molar refractivity (Wildman–Crippen MR) is 72.5 cm³/mol. The molecule has 0 aromatic carbocycles. The summed E-state index contributed by atoms with van der Waals surface area (Å²) in [7, 11) is 0. The van der Waals surface area contributed by atoms with Gasteiger partial charge in [-0.1, -0.05) is 13.0 Å². The maximum absolute atomic E-state index is 5.85. The third-order valence-corrected chi connectivity index (χ3v) is 3.93. The number of pyridine rings is 1. The standard InChI is InChI=1S/C13H20N2OS/c1-2-14-12(13-10-17-8-7-16-13)9-11-5-3-4-6-15-11/h3-6,12-14H,2,7-10H2,1H3. The van der Waals surface area contributed by atoms with Crippen molar-refractivity contribution in [2.24, 2.45) is 0 Å². The molecule has 2 unspecified atom stereocenters. The molecule has 1 aromatic heterocycles. The van der Waals surface area contributed by atoms with Gasteiger partial charge in [0.05, 0.1) is 12.7 Å². The number of nitrogens with one attached hydrogen (secondary N) is 1. The summed E-state index contributed by atoms with van der Waals surface area (Å²) >= 11 is 1.98. The van der Waals surface area contributed by atoms with Crippen molar-refractivity contribution in [1.82, 2.24) is 10.3 Å². The molecule has 4 heteroatoms. The highest BCUT2D eigenvalue weighted by Crippen LogP contribution is 2.17. The van der Waals surface area contributed by atoms with E-state index in [-0.39, 0.29) is 0 Å². The summed E-state index contributed by atoms with van der Waals surface area (Å²) in [5, 5.41) is 3.52. The summed E-state index contributed by atoms with van der Waals surface area (Å²) in [6.45, 7) is 3.99. The number of ether oxygens (including phenoxy) is 1. The molecule has 0 spiro atoms. The van der Waals surface area contributed by atoms with Crippen LogP contribution in [-0.2, 0) is 11.2 Å². The number of likely N-dealkylation sites (N-methyl/N-ethyl adjacent to an activating group) is 1. The van der Waals surface area contributed by atoms with Crippen LogP contribution in [0.5, 0.6) is 0 Å². The van der Waals surface area contributed by atoms with E-state index in [2.05, 4.69) is 23.3 Å². The molecule has 1 saturated heterocycles. The van der Waals surface area contributed by atoms with E-state index < -0.39 is 0 Å². The average Bonchev–Trinajstić information content (AvgIpc) is 2.40. The molecule has 2 rings (SSSR count). The monoisotopic (exact) mass is 252 g/mol. The van der Waals surface area contributed by atoms with Crippen molar-refractivity contribution in [2.75, 3.05) is 24.7 Å². The number of nitrogens with zero attached hydrogens (tertiary/aromatic N) is 1. The topological polar surface area (TPSA) is 34.2 Å². The third kappa shape index (κ3) is 3.98. The van der Waals surface area contributed by atoms with Crippen LogP contribution in [0, 0.1) is 0 Å². The van der Waals surface area contributed by atoms with Crippen LogP contribution in [0.25, 0.3) is 0 Å². The zero-order valence-electron chi connectivity index (χ0n) is 10.3. The highest BCUT2D eigenvalue weighted by Gasteiger charge is 2.24. The Morgan fingerprint density at radius 1 is 1.59 bits per heavy atom. The van der Waals surface area contributed by atoms with Gasteiger partial charge in [0.25, 0.3) is 0 Å². The second-order valence-corrected chi connectivity index (χ2v) is 5.32. The first-order valence-electron chi connectivity index (χ1n) is 6.22.